The van der Waals surface area contributed by atoms with E-state index < -0.39 is 0 Å². The second-order valence-electron chi connectivity index (χ2n) is 1.97. The minimum Gasteiger partial charge on any atom is -0.382 e. The van der Waals surface area contributed by atoms with E-state index >= 15 is 0 Å². The SMILES string of the molecule is Nc1nccn2nccc12. The molecule has 0 fully saturated rings. The Hall–Kier alpha value is -1.58. The largest absolute Gasteiger partial charge is 0.382 e. The van der Waals surface area contributed by atoms with Crippen LogP contribution in [0.1, 0.15) is 0 Å². The Labute approximate surface area is 57.3 Å². The fourth-order valence-corrected chi connectivity index (χ4v) is 0.879. The van der Waals surface area contributed by atoms with Crippen molar-refractivity contribution in [2.24, 2.45) is 0 Å². The summed E-state index contributed by atoms with van der Waals surface area (Å²) in [4.78, 5) is 3.90. The predicted octanol–water partition coefficient (Wildman–Crippen LogP) is 0.311. The molecule has 0 saturated heterocycles. The normalized spacial score (nSPS) is 10.4. The van der Waals surface area contributed by atoms with Gasteiger partial charge in [0.2, 0.25) is 0 Å². The Morgan fingerprint density at radius 2 is 2.30 bits per heavy atom. The standard InChI is InChI=1S/C6H6N4/c7-6-5-1-2-9-10(5)4-3-8-6/h1-4H,(H2,7,8). The van der Waals surface area contributed by atoms with Crippen LogP contribution >= 0.6 is 0 Å². The first-order valence-corrected chi connectivity index (χ1v) is 2.92. The van der Waals surface area contributed by atoms with Gasteiger partial charge in [0.05, 0.1) is 6.20 Å². The van der Waals surface area contributed by atoms with Gasteiger partial charge in [-0.2, -0.15) is 5.10 Å². The molecule has 0 aromatic carbocycles. The topological polar surface area (TPSA) is 56.2 Å². The summed E-state index contributed by atoms with van der Waals surface area (Å²) in [5.41, 5.74) is 6.38. The van der Waals surface area contributed by atoms with Gasteiger partial charge in [-0.05, 0) is 6.07 Å². The van der Waals surface area contributed by atoms with Crippen LogP contribution in [0.5, 0.6) is 0 Å². The van der Waals surface area contributed by atoms with Gasteiger partial charge in [0.15, 0.2) is 0 Å². The van der Waals surface area contributed by atoms with Crippen molar-refractivity contribution >= 4 is 11.3 Å². The molecular formula is C6H6N4. The van der Waals surface area contributed by atoms with Crippen molar-refractivity contribution in [1.29, 1.82) is 0 Å². The second kappa shape index (κ2) is 1.70. The molecule has 2 rings (SSSR count). The lowest BCUT2D eigenvalue weighted by atomic mass is 10.5. The lowest BCUT2D eigenvalue weighted by molar-refractivity contribution is 0.949. The monoisotopic (exact) mass is 134 g/mol. The van der Waals surface area contributed by atoms with Crippen LogP contribution < -0.4 is 5.73 Å². The summed E-state index contributed by atoms with van der Waals surface area (Å²) in [5, 5.41) is 3.98. The van der Waals surface area contributed by atoms with Crippen LogP contribution in [0.2, 0.25) is 0 Å². The van der Waals surface area contributed by atoms with E-state index in [-0.39, 0.29) is 0 Å². The molecule has 0 bridgehead atoms. The molecule has 0 aliphatic rings. The van der Waals surface area contributed by atoms with Crippen molar-refractivity contribution in [2.45, 2.75) is 0 Å². The maximum absolute atomic E-state index is 5.53. The quantitative estimate of drug-likeness (QED) is 0.564. The highest BCUT2D eigenvalue weighted by Crippen LogP contribution is 2.06. The molecule has 4 nitrogen and oxygen atoms in total. The molecule has 2 aromatic rings. The molecular weight excluding hydrogens is 128 g/mol. The summed E-state index contributed by atoms with van der Waals surface area (Å²) in [6, 6.07) is 1.82. The van der Waals surface area contributed by atoms with Crippen molar-refractivity contribution in [2.75, 3.05) is 5.73 Å². The Balaban J connectivity index is 2.95. The third-order valence-electron chi connectivity index (χ3n) is 1.35. The number of nitrogen functional groups attached to an aromatic ring is 1. The van der Waals surface area contributed by atoms with Gasteiger partial charge in [-0.1, -0.05) is 0 Å². The fraction of sp³-hybridized carbons (Fsp3) is 0. The van der Waals surface area contributed by atoms with E-state index in [1.165, 1.54) is 0 Å². The third kappa shape index (κ3) is 0.556. The first-order chi connectivity index (χ1) is 4.88. The van der Waals surface area contributed by atoms with Gasteiger partial charge >= 0.3 is 0 Å². The van der Waals surface area contributed by atoms with E-state index in [9.17, 15) is 0 Å². The maximum Gasteiger partial charge on any atom is 0.149 e. The molecule has 0 unspecified atom stereocenters. The van der Waals surface area contributed by atoms with Crippen molar-refractivity contribution in [3.05, 3.63) is 24.7 Å². The molecule has 0 aliphatic heterocycles. The number of nitrogens with zero attached hydrogens (tertiary/aromatic N) is 3. The van der Waals surface area contributed by atoms with Crippen LogP contribution in [-0.4, -0.2) is 14.6 Å². The Bertz CT molecular complexity index is 351. The molecule has 10 heavy (non-hydrogen) atoms. The highest BCUT2D eigenvalue weighted by molar-refractivity contribution is 5.63. The molecule has 2 N–H and O–H groups in total. The minimum absolute atomic E-state index is 0.514. The summed E-state index contributed by atoms with van der Waals surface area (Å²) >= 11 is 0. The first-order valence-electron chi connectivity index (χ1n) is 2.92. The molecule has 0 aliphatic carbocycles. The van der Waals surface area contributed by atoms with E-state index in [0.29, 0.717) is 5.82 Å². The molecule has 2 aromatic heterocycles. The lowest BCUT2D eigenvalue weighted by Crippen LogP contribution is -1.94. The van der Waals surface area contributed by atoms with Crippen molar-refractivity contribution in [3.63, 3.8) is 0 Å². The average Bonchev–Trinajstić information content (AvgIpc) is 2.36. The summed E-state index contributed by atoms with van der Waals surface area (Å²) in [7, 11) is 0. The smallest absolute Gasteiger partial charge is 0.149 e. The number of hydrogen-bond donors (Lipinski definition) is 1. The molecule has 2 heterocycles. The fourth-order valence-electron chi connectivity index (χ4n) is 0.879. The van der Waals surface area contributed by atoms with E-state index in [1.807, 2.05) is 6.07 Å². The molecule has 50 valence electrons. The van der Waals surface area contributed by atoms with Crippen LogP contribution in [0, 0.1) is 0 Å². The van der Waals surface area contributed by atoms with Crippen molar-refractivity contribution in [3.8, 4) is 0 Å². The molecule has 0 saturated carbocycles. The second-order valence-corrected chi connectivity index (χ2v) is 1.97. The summed E-state index contributed by atoms with van der Waals surface area (Å²) in [5.74, 6) is 0.514. The Morgan fingerprint density at radius 1 is 1.40 bits per heavy atom. The van der Waals surface area contributed by atoms with E-state index in [0.717, 1.165) is 5.52 Å². The van der Waals surface area contributed by atoms with E-state index in [4.69, 9.17) is 5.73 Å². The molecule has 0 atom stereocenters. The van der Waals surface area contributed by atoms with Crippen LogP contribution in [0.15, 0.2) is 24.7 Å². The van der Waals surface area contributed by atoms with Gasteiger partial charge in [0.25, 0.3) is 0 Å². The van der Waals surface area contributed by atoms with E-state index in [2.05, 4.69) is 10.1 Å². The summed E-state index contributed by atoms with van der Waals surface area (Å²) < 4.78 is 1.68. The van der Waals surface area contributed by atoms with Gasteiger partial charge in [-0.25, -0.2) is 9.50 Å². The number of fused-ring (bicyclic) bond motifs is 1. The Kier molecular flexibility index (Phi) is 0.887. The number of rotatable bonds is 0. The number of aromatic nitrogens is 3. The van der Waals surface area contributed by atoms with Gasteiger partial charge < -0.3 is 5.73 Å². The third-order valence-corrected chi connectivity index (χ3v) is 1.35. The van der Waals surface area contributed by atoms with Crippen LogP contribution in [0.25, 0.3) is 5.52 Å². The van der Waals surface area contributed by atoms with E-state index in [1.54, 1.807) is 23.1 Å². The summed E-state index contributed by atoms with van der Waals surface area (Å²) in [6.07, 6.45) is 5.06. The first kappa shape index (κ1) is 5.22. The predicted molar refractivity (Wildman–Crippen MR) is 37.4 cm³/mol. The molecule has 0 spiro atoms. The zero-order valence-electron chi connectivity index (χ0n) is 5.23. The maximum atomic E-state index is 5.53. The van der Waals surface area contributed by atoms with Crippen LogP contribution in [0.3, 0.4) is 0 Å². The number of nitrogens with two attached hydrogens (primary N) is 1. The number of anilines is 1. The Morgan fingerprint density at radius 3 is 3.10 bits per heavy atom. The lowest BCUT2D eigenvalue weighted by Gasteiger charge is -1.93. The van der Waals surface area contributed by atoms with Gasteiger partial charge in [0.1, 0.15) is 11.3 Å². The van der Waals surface area contributed by atoms with Gasteiger partial charge in [-0.15, -0.1) is 0 Å². The van der Waals surface area contributed by atoms with Crippen LogP contribution in [0.4, 0.5) is 5.82 Å². The minimum atomic E-state index is 0.514. The molecule has 0 amide bonds. The molecule has 4 heteroatoms. The summed E-state index contributed by atoms with van der Waals surface area (Å²) in [6.45, 7) is 0. The molecule has 0 radical (unpaired) electrons. The zero-order chi connectivity index (χ0) is 6.97. The van der Waals surface area contributed by atoms with Gasteiger partial charge in [-0.3, -0.25) is 0 Å². The van der Waals surface area contributed by atoms with Gasteiger partial charge in [0, 0.05) is 12.4 Å². The average molecular weight is 134 g/mol. The number of hydrogen-bond acceptors (Lipinski definition) is 3. The van der Waals surface area contributed by atoms with Crippen LogP contribution in [-0.2, 0) is 0 Å². The zero-order valence-corrected chi connectivity index (χ0v) is 5.23. The van der Waals surface area contributed by atoms with Crippen molar-refractivity contribution < 1.29 is 0 Å². The highest BCUT2D eigenvalue weighted by Gasteiger charge is 1.95. The highest BCUT2D eigenvalue weighted by atomic mass is 15.2. The van der Waals surface area contributed by atoms with Crippen molar-refractivity contribution in [1.82, 2.24) is 14.6 Å².